The third kappa shape index (κ3) is 3.77. The fourth-order valence-electron chi connectivity index (χ4n) is 3.88. The van der Waals surface area contributed by atoms with E-state index < -0.39 is 11.9 Å². The van der Waals surface area contributed by atoms with Gasteiger partial charge in [0.05, 0.1) is 10.9 Å². The molecule has 0 amide bonds. The Balaban J connectivity index is 1.53. The van der Waals surface area contributed by atoms with Crippen LogP contribution in [0.2, 0.25) is 15.1 Å². The first-order valence-corrected chi connectivity index (χ1v) is 11.9. The number of hydrogen-bond acceptors (Lipinski definition) is 6. The first-order chi connectivity index (χ1) is 16.4. The number of nitrogens with zero attached hydrogens (tertiary/aromatic N) is 1. The van der Waals surface area contributed by atoms with Crippen molar-refractivity contribution in [2.75, 3.05) is 0 Å². The predicted octanol–water partition coefficient (Wildman–Crippen LogP) is 7.30. The molecule has 168 valence electrons. The van der Waals surface area contributed by atoms with Gasteiger partial charge in [0.2, 0.25) is 5.88 Å². The second kappa shape index (κ2) is 8.86. The van der Waals surface area contributed by atoms with Crippen LogP contribution in [0.4, 0.5) is 0 Å². The number of allylic oxidation sites excluding steroid dienone is 1. The molecule has 1 aliphatic heterocycles. The standard InChI is InChI=1S/C25H13Cl3N2O3S/c26-16-5-3-6-17(27)21(16)20-13-9-8-12(10-18(13)33-24(30)15(20)11-29)32-25(31)23-22(28)14-4-1-2-7-19(14)34-23/h1-10,20H,30H2. The normalized spacial score (nSPS) is 14.9. The molecule has 2 heterocycles. The Morgan fingerprint density at radius 2 is 1.79 bits per heavy atom. The molecule has 4 aromatic rings. The Kier molecular flexibility index (Phi) is 5.88. The minimum atomic E-state index is -0.642. The number of benzene rings is 3. The molecule has 0 fully saturated rings. The van der Waals surface area contributed by atoms with Crippen molar-refractivity contribution in [2.24, 2.45) is 5.73 Å². The predicted molar refractivity (Wildman–Crippen MR) is 134 cm³/mol. The Bertz CT molecular complexity index is 1530. The van der Waals surface area contributed by atoms with Gasteiger partial charge in [-0.05, 0) is 24.3 Å². The quantitative estimate of drug-likeness (QED) is 0.223. The van der Waals surface area contributed by atoms with E-state index in [1.54, 1.807) is 30.3 Å². The van der Waals surface area contributed by atoms with Crippen molar-refractivity contribution in [3.05, 3.63) is 103 Å². The van der Waals surface area contributed by atoms with E-state index in [0.29, 0.717) is 36.8 Å². The Morgan fingerprint density at radius 3 is 2.50 bits per heavy atom. The number of nitrogens with two attached hydrogens (primary N) is 1. The Hall–Kier alpha value is -3.21. The number of nitriles is 1. The van der Waals surface area contributed by atoms with Gasteiger partial charge in [-0.2, -0.15) is 5.26 Å². The molecular weight excluding hydrogens is 515 g/mol. The molecule has 1 aromatic heterocycles. The molecule has 0 saturated heterocycles. The molecule has 0 spiro atoms. The van der Waals surface area contributed by atoms with Crippen molar-refractivity contribution in [2.45, 2.75) is 5.92 Å². The van der Waals surface area contributed by atoms with Crippen LogP contribution in [0.5, 0.6) is 11.5 Å². The van der Waals surface area contributed by atoms with Gasteiger partial charge in [-0.3, -0.25) is 0 Å². The number of fused-ring (bicyclic) bond motifs is 2. The number of hydrogen-bond donors (Lipinski definition) is 1. The van der Waals surface area contributed by atoms with Crippen LogP contribution in [0.15, 0.2) is 72.1 Å². The van der Waals surface area contributed by atoms with E-state index in [1.807, 2.05) is 24.3 Å². The fraction of sp³-hybridized carbons (Fsp3) is 0.0400. The summed E-state index contributed by atoms with van der Waals surface area (Å²) in [5, 5.41) is 11.7. The number of halogens is 3. The highest BCUT2D eigenvalue weighted by Crippen LogP contribution is 2.47. The van der Waals surface area contributed by atoms with Crippen LogP contribution < -0.4 is 15.2 Å². The van der Waals surface area contributed by atoms with Crippen molar-refractivity contribution in [1.29, 1.82) is 5.26 Å². The topological polar surface area (TPSA) is 85.3 Å². The van der Waals surface area contributed by atoms with Crippen molar-refractivity contribution in [3.63, 3.8) is 0 Å². The molecule has 0 aliphatic carbocycles. The van der Waals surface area contributed by atoms with Crippen LogP contribution in [-0.4, -0.2) is 5.97 Å². The number of ether oxygens (including phenoxy) is 2. The van der Waals surface area contributed by atoms with Crippen molar-refractivity contribution >= 4 is 62.2 Å². The van der Waals surface area contributed by atoms with Gasteiger partial charge >= 0.3 is 5.97 Å². The van der Waals surface area contributed by atoms with E-state index in [9.17, 15) is 10.1 Å². The molecule has 34 heavy (non-hydrogen) atoms. The molecule has 9 heteroatoms. The molecule has 2 N–H and O–H groups in total. The first-order valence-electron chi connectivity index (χ1n) is 9.93. The largest absolute Gasteiger partial charge is 0.440 e. The zero-order valence-electron chi connectivity index (χ0n) is 17.1. The van der Waals surface area contributed by atoms with Gasteiger partial charge in [-0.1, -0.05) is 65.1 Å². The molecule has 0 bridgehead atoms. The summed E-state index contributed by atoms with van der Waals surface area (Å²) in [6.07, 6.45) is 0. The van der Waals surface area contributed by atoms with Crippen LogP contribution in [0.1, 0.15) is 26.7 Å². The minimum absolute atomic E-state index is 0.0768. The lowest BCUT2D eigenvalue weighted by Crippen LogP contribution is -2.21. The molecule has 0 radical (unpaired) electrons. The second-order valence-corrected chi connectivity index (χ2v) is 9.64. The summed E-state index contributed by atoms with van der Waals surface area (Å²) in [5.41, 5.74) is 7.40. The van der Waals surface area contributed by atoms with Crippen LogP contribution >= 0.6 is 46.1 Å². The van der Waals surface area contributed by atoms with Gasteiger partial charge in [-0.25, -0.2) is 4.79 Å². The summed E-state index contributed by atoms with van der Waals surface area (Å²) in [7, 11) is 0. The lowest BCUT2D eigenvalue weighted by molar-refractivity contribution is 0.0740. The molecule has 1 atom stereocenters. The van der Waals surface area contributed by atoms with Crippen LogP contribution in [-0.2, 0) is 0 Å². The number of carbonyl (C=O) groups excluding carboxylic acids is 1. The summed E-state index contributed by atoms with van der Waals surface area (Å²) in [4.78, 5) is 13.2. The maximum absolute atomic E-state index is 12.9. The van der Waals surface area contributed by atoms with Crippen LogP contribution in [0, 0.1) is 11.3 Å². The molecular formula is C25H13Cl3N2O3S. The minimum Gasteiger partial charge on any atom is -0.440 e. The van der Waals surface area contributed by atoms with Gasteiger partial charge in [-0.15, -0.1) is 11.3 Å². The van der Waals surface area contributed by atoms with Gasteiger partial charge in [0, 0.05) is 37.3 Å². The number of thiophene rings is 1. The van der Waals surface area contributed by atoms with Crippen LogP contribution in [0.3, 0.4) is 0 Å². The Morgan fingerprint density at radius 1 is 1.06 bits per heavy atom. The number of esters is 1. The zero-order chi connectivity index (χ0) is 24.0. The maximum Gasteiger partial charge on any atom is 0.355 e. The van der Waals surface area contributed by atoms with Gasteiger partial charge in [0.25, 0.3) is 0 Å². The summed E-state index contributed by atoms with van der Waals surface area (Å²) in [5.74, 6) is -0.752. The lowest BCUT2D eigenvalue weighted by atomic mass is 9.83. The summed E-state index contributed by atoms with van der Waals surface area (Å²) < 4.78 is 12.2. The highest BCUT2D eigenvalue weighted by molar-refractivity contribution is 7.21. The van der Waals surface area contributed by atoms with E-state index in [4.69, 9.17) is 50.0 Å². The Labute approximate surface area is 213 Å². The van der Waals surface area contributed by atoms with E-state index >= 15 is 0 Å². The van der Waals surface area contributed by atoms with E-state index in [1.165, 1.54) is 17.4 Å². The maximum atomic E-state index is 12.9. The van der Waals surface area contributed by atoms with E-state index in [2.05, 4.69) is 6.07 Å². The zero-order valence-corrected chi connectivity index (χ0v) is 20.2. The van der Waals surface area contributed by atoms with Gasteiger partial charge in [0.15, 0.2) is 0 Å². The molecule has 3 aromatic carbocycles. The molecule has 5 rings (SSSR count). The van der Waals surface area contributed by atoms with E-state index in [0.717, 1.165) is 10.1 Å². The first kappa shape index (κ1) is 22.6. The smallest absolute Gasteiger partial charge is 0.355 e. The summed E-state index contributed by atoms with van der Waals surface area (Å²) in [6, 6.07) is 19.5. The van der Waals surface area contributed by atoms with Crippen molar-refractivity contribution in [3.8, 4) is 17.6 Å². The van der Waals surface area contributed by atoms with Gasteiger partial charge < -0.3 is 15.2 Å². The number of rotatable bonds is 3. The molecule has 1 unspecified atom stereocenters. The molecule has 5 nitrogen and oxygen atoms in total. The lowest BCUT2D eigenvalue weighted by Gasteiger charge is -2.27. The third-order valence-electron chi connectivity index (χ3n) is 5.41. The average Bonchev–Trinajstić information content (AvgIpc) is 3.15. The SMILES string of the molecule is N#CC1=C(N)Oc2cc(OC(=O)c3sc4ccccc4c3Cl)ccc2C1c1c(Cl)cccc1Cl. The fourth-order valence-corrected chi connectivity index (χ4v) is 5.88. The monoisotopic (exact) mass is 526 g/mol. The highest BCUT2D eigenvalue weighted by Gasteiger charge is 2.34. The summed E-state index contributed by atoms with van der Waals surface area (Å²) >= 11 is 20.5. The second-order valence-electron chi connectivity index (χ2n) is 7.39. The van der Waals surface area contributed by atoms with Gasteiger partial charge in [0.1, 0.15) is 28.0 Å². The van der Waals surface area contributed by atoms with Crippen molar-refractivity contribution in [1.82, 2.24) is 0 Å². The molecule has 1 aliphatic rings. The average molecular weight is 528 g/mol. The number of carbonyl (C=O) groups is 1. The molecule has 0 saturated carbocycles. The van der Waals surface area contributed by atoms with Crippen molar-refractivity contribution < 1.29 is 14.3 Å². The van der Waals surface area contributed by atoms with E-state index in [-0.39, 0.29) is 17.2 Å². The van der Waals surface area contributed by atoms with Crippen LogP contribution in [0.25, 0.3) is 10.1 Å². The summed E-state index contributed by atoms with van der Waals surface area (Å²) in [6.45, 7) is 0. The highest BCUT2D eigenvalue weighted by atomic mass is 35.5. The third-order valence-corrected chi connectivity index (χ3v) is 7.72.